The maximum absolute atomic E-state index is 6.09. The van der Waals surface area contributed by atoms with Crippen LogP contribution in [-0.4, -0.2) is 65.7 Å². The summed E-state index contributed by atoms with van der Waals surface area (Å²) in [6.07, 6.45) is 2.40. The zero-order chi connectivity index (χ0) is 14.1. The molecule has 2 aliphatic heterocycles. The average molecular weight is 297 g/mol. The maximum Gasteiger partial charge on any atom is 0.231 e. The van der Waals surface area contributed by atoms with Crippen molar-refractivity contribution < 1.29 is 0 Å². The highest BCUT2D eigenvalue weighted by molar-refractivity contribution is 6.28. The van der Waals surface area contributed by atoms with Gasteiger partial charge in [0.05, 0.1) is 0 Å². The molecule has 0 saturated carbocycles. The molecule has 0 spiro atoms. The van der Waals surface area contributed by atoms with Gasteiger partial charge in [0.25, 0.3) is 0 Å². The molecule has 3 rings (SSSR count). The van der Waals surface area contributed by atoms with Crippen LogP contribution in [0.2, 0.25) is 5.28 Å². The SMILES string of the molecule is CC1CN(c2nc(Cl)nc(N3CCCC3)n2)CCN1C. The summed E-state index contributed by atoms with van der Waals surface area (Å²) >= 11 is 6.09. The van der Waals surface area contributed by atoms with Gasteiger partial charge in [-0.15, -0.1) is 0 Å². The second-order valence-electron chi connectivity index (χ2n) is 5.67. The number of rotatable bonds is 2. The summed E-state index contributed by atoms with van der Waals surface area (Å²) in [5, 5.41) is 0.295. The summed E-state index contributed by atoms with van der Waals surface area (Å²) in [5.41, 5.74) is 0. The highest BCUT2D eigenvalue weighted by Gasteiger charge is 2.24. The Hall–Kier alpha value is -1.14. The molecule has 2 saturated heterocycles. The first kappa shape index (κ1) is 13.8. The maximum atomic E-state index is 6.09. The molecule has 1 unspecified atom stereocenters. The van der Waals surface area contributed by atoms with E-state index in [0.29, 0.717) is 17.3 Å². The highest BCUT2D eigenvalue weighted by Crippen LogP contribution is 2.21. The van der Waals surface area contributed by atoms with E-state index in [-0.39, 0.29) is 0 Å². The van der Waals surface area contributed by atoms with E-state index in [0.717, 1.165) is 38.7 Å². The second-order valence-corrected chi connectivity index (χ2v) is 6.01. The molecule has 1 atom stereocenters. The number of aromatic nitrogens is 3. The van der Waals surface area contributed by atoms with Gasteiger partial charge in [0, 0.05) is 38.8 Å². The van der Waals surface area contributed by atoms with E-state index in [1.54, 1.807) is 0 Å². The molecule has 7 heteroatoms. The quantitative estimate of drug-likeness (QED) is 0.819. The van der Waals surface area contributed by atoms with E-state index in [9.17, 15) is 0 Å². The first-order chi connectivity index (χ1) is 9.63. The number of likely N-dealkylation sites (N-methyl/N-ethyl adjacent to an activating group) is 1. The van der Waals surface area contributed by atoms with E-state index in [1.165, 1.54) is 12.8 Å². The minimum atomic E-state index is 0.295. The van der Waals surface area contributed by atoms with Crippen LogP contribution < -0.4 is 9.80 Å². The van der Waals surface area contributed by atoms with Crippen LogP contribution in [-0.2, 0) is 0 Å². The average Bonchev–Trinajstić information content (AvgIpc) is 2.95. The third-order valence-corrected chi connectivity index (χ3v) is 4.38. The van der Waals surface area contributed by atoms with Crippen molar-refractivity contribution in [3.05, 3.63) is 5.28 Å². The summed E-state index contributed by atoms with van der Waals surface area (Å²) in [6, 6.07) is 0.495. The van der Waals surface area contributed by atoms with E-state index >= 15 is 0 Å². The van der Waals surface area contributed by atoms with Crippen molar-refractivity contribution in [3.63, 3.8) is 0 Å². The molecule has 1 aromatic rings. The standard InChI is InChI=1S/C13H21ClN6/c1-10-9-20(8-7-18(10)2)13-16-11(14)15-12(17-13)19-5-3-4-6-19/h10H,3-9H2,1-2H3. The molecule has 0 N–H and O–H groups in total. The molecule has 20 heavy (non-hydrogen) atoms. The Kier molecular flexibility index (Phi) is 3.94. The van der Waals surface area contributed by atoms with Crippen LogP contribution in [0.1, 0.15) is 19.8 Å². The van der Waals surface area contributed by atoms with Crippen molar-refractivity contribution in [2.24, 2.45) is 0 Å². The summed E-state index contributed by atoms with van der Waals surface area (Å²) in [5.74, 6) is 1.44. The number of halogens is 1. The smallest absolute Gasteiger partial charge is 0.231 e. The zero-order valence-corrected chi connectivity index (χ0v) is 12.8. The molecule has 0 radical (unpaired) electrons. The number of anilines is 2. The Bertz CT molecular complexity index is 476. The molecular formula is C13H21ClN6. The lowest BCUT2D eigenvalue weighted by molar-refractivity contribution is 0.232. The number of hydrogen-bond acceptors (Lipinski definition) is 6. The van der Waals surface area contributed by atoms with E-state index in [2.05, 4.69) is 43.6 Å². The van der Waals surface area contributed by atoms with Crippen LogP contribution in [0.4, 0.5) is 11.9 Å². The monoisotopic (exact) mass is 296 g/mol. The molecule has 1 aromatic heterocycles. The third-order valence-electron chi connectivity index (χ3n) is 4.22. The van der Waals surface area contributed by atoms with E-state index in [4.69, 9.17) is 11.6 Å². The Balaban J connectivity index is 1.82. The Morgan fingerprint density at radius 2 is 1.60 bits per heavy atom. The number of nitrogens with zero attached hydrogens (tertiary/aromatic N) is 6. The largest absolute Gasteiger partial charge is 0.341 e. The van der Waals surface area contributed by atoms with Gasteiger partial charge in [0.15, 0.2) is 0 Å². The topological polar surface area (TPSA) is 48.4 Å². The fourth-order valence-corrected chi connectivity index (χ4v) is 2.91. The first-order valence-corrected chi connectivity index (χ1v) is 7.63. The van der Waals surface area contributed by atoms with Gasteiger partial charge in [0.2, 0.25) is 17.2 Å². The second kappa shape index (κ2) is 5.69. The Morgan fingerprint density at radius 3 is 2.25 bits per heavy atom. The summed E-state index contributed by atoms with van der Waals surface area (Å²) < 4.78 is 0. The van der Waals surface area contributed by atoms with Crippen LogP contribution in [0.25, 0.3) is 0 Å². The van der Waals surface area contributed by atoms with Crippen molar-refractivity contribution in [3.8, 4) is 0 Å². The first-order valence-electron chi connectivity index (χ1n) is 7.25. The zero-order valence-electron chi connectivity index (χ0n) is 12.1. The lowest BCUT2D eigenvalue weighted by atomic mass is 10.2. The van der Waals surface area contributed by atoms with Gasteiger partial charge in [-0.3, -0.25) is 0 Å². The summed E-state index contributed by atoms with van der Waals surface area (Å²) in [6.45, 7) is 7.12. The normalized spacial score (nSPS) is 24.4. The summed E-state index contributed by atoms with van der Waals surface area (Å²) in [7, 11) is 2.15. The van der Waals surface area contributed by atoms with Gasteiger partial charge >= 0.3 is 0 Å². The fraction of sp³-hybridized carbons (Fsp3) is 0.769. The molecule has 2 aliphatic rings. The molecule has 0 amide bonds. The number of piperazine rings is 1. The van der Waals surface area contributed by atoms with E-state index in [1.807, 2.05) is 0 Å². The summed E-state index contributed by atoms with van der Waals surface area (Å²) in [4.78, 5) is 20.0. The predicted octanol–water partition coefficient (Wildman–Crippen LogP) is 1.27. The van der Waals surface area contributed by atoms with Crippen LogP contribution in [0.5, 0.6) is 0 Å². The lowest BCUT2D eigenvalue weighted by Crippen LogP contribution is -2.50. The van der Waals surface area contributed by atoms with E-state index < -0.39 is 0 Å². The fourth-order valence-electron chi connectivity index (χ4n) is 2.76. The molecule has 3 heterocycles. The van der Waals surface area contributed by atoms with Crippen molar-refractivity contribution in [1.29, 1.82) is 0 Å². The van der Waals surface area contributed by atoms with Crippen LogP contribution in [0, 0.1) is 0 Å². The molecule has 2 fully saturated rings. The minimum Gasteiger partial charge on any atom is -0.341 e. The molecule has 0 bridgehead atoms. The molecule has 0 aromatic carbocycles. The van der Waals surface area contributed by atoms with Crippen LogP contribution in [0.15, 0.2) is 0 Å². The minimum absolute atomic E-state index is 0.295. The number of hydrogen-bond donors (Lipinski definition) is 0. The van der Waals surface area contributed by atoms with Crippen LogP contribution in [0.3, 0.4) is 0 Å². The third kappa shape index (κ3) is 2.81. The van der Waals surface area contributed by atoms with Gasteiger partial charge in [-0.05, 0) is 38.4 Å². The van der Waals surface area contributed by atoms with Crippen molar-refractivity contribution >= 4 is 23.5 Å². The molecule has 0 aliphatic carbocycles. The molecule has 110 valence electrons. The van der Waals surface area contributed by atoms with Gasteiger partial charge < -0.3 is 14.7 Å². The molecular weight excluding hydrogens is 276 g/mol. The van der Waals surface area contributed by atoms with Crippen LogP contribution >= 0.6 is 11.6 Å². The van der Waals surface area contributed by atoms with Gasteiger partial charge in [0.1, 0.15) is 0 Å². The van der Waals surface area contributed by atoms with Gasteiger partial charge in [-0.2, -0.15) is 15.0 Å². The Labute approximate surface area is 124 Å². The molecule has 6 nitrogen and oxygen atoms in total. The Morgan fingerprint density at radius 1 is 0.950 bits per heavy atom. The van der Waals surface area contributed by atoms with Crippen molar-refractivity contribution in [2.75, 3.05) is 49.6 Å². The van der Waals surface area contributed by atoms with Crippen molar-refractivity contribution in [1.82, 2.24) is 19.9 Å². The van der Waals surface area contributed by atoms with Gasteiger partial charge in [-0.25, -0.2) is 0 Å². The lowest BCUT2D eigenvalue weighted by Gasteiger charge is -2.37. The predicted molar refractivity (Wildman–Crippen MR) is 80.6 cm³/mol. The van der Waals surface area contributed by atoms with Crippen molar-refractivity contribution in [2.45, 2.75) is 25.8 Å². The highest BCUT2D eigenvalue weighted by atomic mass is 35.5. The van der Waals surface area contributed by atoms with Gasteiger partial charge in [-0.1, -0.05) is 0 Å².